The summed E-state index contributed by atoms with van der Waals surface area (Å²) in [4.78, 5) is 1.48. The van der Waals surface area contributed by atoms with Gasteiger partial charge in [0.1, 0.15) is 0 Å². The molecule has 0 aliphatic carbocycles. The monoisotopic (exact) mass is 154 g/mol. The zero-order chi connectivity index (χ0) is 6.97. The molecule has 1 aromatic heterocycles. The highest BCUT2D eigenvalue weighted by Crippen LogP contribution is 2.20. The van der Waals surface area contributed by atoms with E-state index in [1.807, 2.05) is 0 Å². The number of aryl methyl sites for hydroxylation is 1. The number of hydrogen-bond acceptors (Lipinski definition) is 3. The van der Waals surface area contributed by atoms with Gasteiger partial charge in [-0.3, -0.25) is 0 Å². The van der Waals surface area contributed by atoms with Crippen LogP contribution in [-0.4, -0.2) is 10.9 Å². The summed E-state index contributed by atoms with van der Waals surface area (Å²) >= 11 is 1.66. The van der Waals surface area contributed by atoms with E-state index in [4.69, 9.17) is 0 Å². The molecule has 1 N–H and O–H groups in total. The van der Waals surface area contributed by atoms with Gasteiger partial charge in [0, 0.05) is 23.5 Å². The number of nitrogens with zero attached hydrogens (tertiary/aromatic N) is 1. The lowest BCUT2D eigenvalue weighted by Gasteiger charge is -2.11. The van der Waals surface area contributed by atoms with Gasteiger partial charge in [0.05, 0.1) is 5.69 Å². The van der Waals surface area contributed by atoms with Crippen LogP contribution in [0.15, 0.2) is 0 Å². The lowest BCUT2D eigenvalue weighted by molar-refractivity contribution is 0.649. The zero-order valence-corrected chi connectivity index (χ0v) is 6.79. The Labute approximate surface area is 64.4 Å². The van der Waals surface area contributed by atoms with Crippen LogP contribution in [0.4, 0.5) is 0 Å². The first-order valence-corrected chi connectivity index (χ1v) is 4.30. The van der Waals surface area contributed by atoms with Crippen LogP contribution in [-0.2, 0) is 13.0 Å². The first-order chi connectivity index (χ1) is 4.88. The number of rotatable bonds is 0. The second kappa shape index (κ2) is 2.32. The summed E-state index contributed by atoms with van der Waals surface area (Å²) in [5.74, 6) is 0. The summed E-state index contributed by atoms with van der Waals surface area (Å²) in [5, 5.41) is 3.33. The summed E-state index contributed by atoms with van der Waals surface area (Å²) in [6.07, 6.45) is 1.17. The molecule has 3 heteroatoms. The largest absolute Gasteiger partial charge is 0.312 e. The molecule has 10 heavy (non-hydrogen) atoms. The van der Waals surface area contributed by atoms with E-state index in [1.165, 1.54) is 22.6 Å². The van der Waals surface area contributed by atoms with Gasteiger partial charge in [-0.15, -0.1) is 0 Å². The molecular formula is C7H10N2S. The van der Waals surface area contributed by atoms with Gasteiger partial charge in [-0.05, 0) is 24.9 Å². The molecule has 2 rings (SSSR count). The van der Waals surface area contributed by atoms with E-state index in [2.05, 4.69) is 16.6 Å². The minimum atomic E-state index is 1.03. The number of aromatic nitrogens is 1. The van der Waals surface area contributed by atoms with Crippen molar-refractivity contribution in [3.05, 3.63) is 16.1 Å². The zero-order valence-electron chi connectivity index (χ0n) is 5.98. The van der Waals surface area contributed by atoms with Crippen molar-refractivity contribution < 1.29 is 0 Å². The van der Waals surface area contributed by atoms with Crippen molar-refractivity contribution in [2.45, 2.75) is 19.9 Å². The number of hydrogen-bond donors (Lipinski definition) is 1. The molecule has 0 spiro atoms. The summed E-state index contributed by atoms with van der Waals surface area (Å²) in [6, 6.07) is 0. The third-order valence-electron chi connectivity index (χ3n) is 1.90. The van der Waals surface area contributed by atoms with E-state index in [9.17, 15) is 0 Å². The molecule has 0 saturated carbocycles. The van der Waals surface area contributed by atoms with E-state index in [-0.39, 0.29) is 0 Å². The standard InChI is InChI=1S/C7H10N2S/c1-5-6-4-8-3-2-7(6)10-9-5/h8H,2-4H2,1H3. The quantitative estimate of drug-likeness (QED) is 0.605. The Morgan fingerprint density at radius 2 is 2.50 bits per heavy atom. The lowest BCUT2D eigenvalue weighted by atomic mass is 10.1. The molecule has 1 aliphatic rings. The van der Waals surface area contributed by atoms with E-state index < -0.39 is 0 Å². The molecular weight excluding hydrogens is 144 g/mol. The van der Waals surface area contributed by atoms with Crippen LogP contribution in [0.3, 0.4) is 0 Å². The van der Waals surface area contributed by atoms with Gasteiger partial charge < -0.3 is 5.32 Å². The fourth-order valence-electron chi connectivity index (χ4n) is 1.27. The smallest absolute Gasteiger partial charge is 0.0559 e. The van der Waals surface area contributed by atoms with Crippen molar-refractivity contribution in [3.63, 3.8) is 0 Å². The first kappa shape index (κ1) is 6.31. The average molecular weight is 154 g/mol. The minimum Gasteiger partial charge on any atom is -0.312 e. The summed E-state index contributed by atoms with van der Waals surface area (Å²) in [7, 11) is 0. The molecule has 54 valence electrons. The van der Waals surface area contributed by atoms with E-state index in [0.717, 1.165) is 13.1 Å². The van der Waals surface area contributed by atoms with Crippen LogP contribution >= 0.6 is 11.5 Å². The van der Waals surface area contributed by atoms with Crippen LogP contribution < -0.4 is 5.32 Å². The van der Waals surface area contributed by atoms with Crippen molar-refractivity contribution in [1.82, 2.24) is 9.69 Å². The second-order valence-corrected chi connectivity index (χ2v) is 3.45. The molecule has 0 bridgehead atoms. The van der Waals surface area contributed by atoms with Crippen LogP contribution in [0.5, 0.6) is 0 Å². The maximum Gasteiger partial charge on any atom is 0.0559 e. The Kier molecular flexibility index (Phi) is 1.47. The van der Waals surface area contributed by atoms with Crippen LogP contribution in [0, 0.1) is 6.92 Å². The molecule has 0 atom stereocenters. The molecule has 0 amide bonds. The fourth-order valence-corrected chi connectivity index (χ4v) is 2.15. The minimum absolute atomic E-state index is 1.03. The first-order valence-electron chi connectivity index (χ1n) is 3.52. The van der Waals surface area contributed by atoms with E-state index in [1.54, 1.807) is 11.5 Å². The Hall–Kier alpha value is -0.410. The van der Waals surface area contributed by atoms with E-state index in [0.29, 0.717) is 0 Å². The molecule has 1 aliphatic heterocycles. The van der Waals surface area contributed by atoms with Gasteiger partial charge in [-0.25, -0.2) is 0 Å². The van der Waals surface area contributed by atoms with Crippen molar-refractivity contribution in [2.75, 3.05) is 6.54 Å². The van der Waals surface area contributed by atoms with Gasteiger partial charge in [0.2, 0.25) is 0 Å². The van der Waals surface area contributed by atoms with Crippen molar-refractivity contribution in [3.8, 4) is 0 Å². The summed E-state index contributed by atoms with van der Waals surface area (Å²) in [5.41, 5.74) is 2.66. The topological polar surface area (TPSA) is 24.9 Å². The Bertz CT molecular complexity index is 242. The van der Waals surface area contributed by atoms with Crippen LogP contribution in [0.1, 0.15) is 16.1 Å². The maximum absolute atomic E-state index is 4.30. The highest BCUT2D eigenvalue weighted by atomic mass is 32.1. The second-order valence-electron chi connectivity index (χ2n) is 2.60. The molecule has 0 fully saturated rings. The maximum atomic E-state index is 4.30. The number of nitrogens with one attached hydrogen (secondary N) is 1. The van der Waals surface area contributed by atoms with Crippen molar-refractivity contribution >= 4 is 11.5 Å². The van der Waals surface area contributed by atoms with Crippen molar-refractivity contribution in [2.24, 2.45) is 0 Å². The molecule has 0 aromatic carbocycles. The Morgan fingerprint density at radius 3 is 3.30 bits per heavy atom. The Morgan fingerprint density at radius 1 is 1.60 bits per heavy atom. The Balaban J connectivity index is 2.45. The van der Waals surface area contributed by atoms with Gasteiger partial charge in [0.15, 0.2) is 0 Å². The normalized spacial score (nSPS) is 16.9. The van der Waals surface area contributed by atoms with Gasteiger partial charge in [0.25, 0.3) is 0 Å². The molecule has 2 nitrogen and oxygen atoms in total. The molecule has 0 radical (unpaired) electrons. The van der Waals surface area contributed by atoms with Crippen molar-refractivity contribution in [1.29, 1.82) is 0 Å². The third-order valence-corrected chi connectivity index (χ3v) is 2.93. The molecule has 0 unspecified atom stereocenters. The molecule has 1 aromatic rings. The lowest BCUT2D eigenvalue weighted by Crippen LogP contribution is -2.22. The molecule has 0 saturated heterocycles. The highest BCUT2D eigenvalue weighted by molar-refractivity contribution is 7.06. The predicted molar refractivity (Wildman–Crippen MR) is 42.3 cm³/mol. The van der Waals surface area contributed by atoms with Gasteiger partial charge in [-0.2, -0.15) is 4.37 Å². The van der Waals surface area contributed by atoms with Gasteiger partial charge in [-0.1, -0.05) is 0 Å². The number of fused-ring (bicyclic) bond motifs is 1. The predicted octanol–water partition coefficient (Wildman–Crippen LogP) is 1.10. The van der Waals surface area contributed by atoms with Gasteiger partial charge >= 0.3 is 0 Å². The fraction of sp³-hybridized carbons (Fsp3) is 0.571. The SMILES string of the molecule is Cc1nsc2c1CNCC2. The summed E-state index contributed by atoms with van der Waals surface area (Å²) in [6.45, 7) is 4.23. The highest BCUT2D eigenvalue weighted by Gasteiger charge is 2.13. The van der Waals surface area contributed by atoms with Crippen LogP contribution in [0.2, 0.25) is 0 Å². The average Bonchev–Trinajstić information content (AvgIpc) is 2.34. The van der Waals surface area contributed by atoms with Crippen LogP contribution in [0.25, 0.3) is 0 Å². The summed E-state index contributed by atoms with van der Waals surface area (Å²) < 4.78 is 4.30. The third kappa shape index (κ3) is 0.859. The molecule has 2 heterocycles. The van der Waals surface area contributed by atoms with E-state index >= 15 is 0 Å².